The third-order valence-corrected chi connectivity index (χ3v) is 9.21. The highest BCUT2D eigenvalue weighted by molar-refractivity contribution is 9.10. The molecule has 2 aromatic rings. The number of nitrogens with one attached hydrogen (secondary N) is 1. The van der Waals surface area contributed by atoms with Crippen molar-refractivity contribution in [2.24, 2.45) is 15.7 Å². The number of rotatable bonds is 7. The number of fused-ring (bicyclic) bond motifs is 1. The number of hydrogen-bond donors (Lipinski definition) is 3. The van der Waals surface area contributed by atoms with Gasteiger partial charge in [0.1, 0.15) is 11.0 Å². The fourth-order valence-electron chi connectivity index (χ4n) is 5.42. The van der Waals surface area contributed by atoms with E-state index in [1.807, 2.05) is 0 Å². The normalized spacial score (nSPS) is 22.8. The van der Waals surface area contributed by atoms with Crippen molar-refractivity contribution in [1.82, 2.24) is 5.32 Å². The van der Waals surface area contributed by atoms with Gasteiger partial charge in [-0.3, -0.25) is 9.98 Å². The van der Waals surface area contributed by atoms with Crippen LogP contribution in [-0.2, 0) is 18.9 Å². The summed E-state index contributed by atoms with van der Waals surface area (Å²) < 4.78 is 22.0. The van der Waals surface area contributed by atoms with E-state index in [4.69, 9.17) is 41.4 Å². The summed E-state index contributed by atoms with van der Waals surface area (Å²) in [6.45, 7) is 6.14. The molecule has 2 aliphatic carbocycles. The Bertz CT molecular complexity index is 1310. The first-order chi connectivity index (χ1) is 21.8. The van der Waals surface area contributed by atoms with E-state index in [1.165, 1.54) is 42.4 Å². The summed E-state index contributed by atoms with van der Waals surface area (Å²) in [7, 11) is 6.38. The molecule has 0 aromatic heterocycles. The van der Waals surface area contributed by atoms with Gasteiger partial charge in [-0.25, -0.2) is 0 Å². The van der Waals surface area contributed by atoms with E-state index in [0.29, 0.717) is 42.2 Å². The molecule has 0 unspecified atom stereocenters. The van der Waals surface area contributed by atoms with E-state index < -0.39 is 5.60 Å². The molecule has 0 radical (unpaired) electrons. The van der Waals surface area contributed by atoms with Crippen LogP contribution in [0.1, 0.15) is 80.5 Å². The largest absolute Gasteiger partial charge is 0.391 e. The number of nitrogens with zero attached hydrogens (tertiary/aromatic N) is 2. The van der Waals surface area contributed by atoms with Gasteiger partial charge < -0.3 is 35.1 Å². The number of methoxy groups -OCH3 is 4. The van der Waals surface area contributed by atoms with Gasteiger partial charge in [0.15, 0.2) is 12.6 Å². The maximum Gasteiger partial charge on any atom is 0.176 e. The lowest BCUT2D eigenvalue weighted by atomic mass is 9.76. The maximum absolute atomic E-state index is 8.52. The first-order valence-corrected chi connectivity index (χ1v) is 17.4. The minimum Gasteiger partial charge on any atom is -0.391 e. The molecule has 46 heavy (non-hydrogen) atoms. The first kappa shape index (κ1) is 39.0. The highest BCUT2D eigenvalue weighted by Crippen LogP contribution is 2.44. The SMILES string of the molecule is CC(C)(C)O.COC(CN)OC.COC(CN=C1NC2CC(C2)c2ccc(Br)cc21)OC.ClC1=NC2CC(C2)c2ccc(Br)cc21. The second-order valence-electron chi connectivity index (χ2n) is 12.6. The lowest BCUT2D eigenvalue weighted by Gasteiger charge is -2.33. The van der Waals surface area contributed by atoms with E-state index in [-0.39, 0.29) is 12.6 Å². The Labute approximate surface area is 295 Å². The minimum absolute atomic E-state index is 0.236. The van der Waals surface area contributed by atoms with E-state index in [0.717, 1.165) is 20.3 Å². The highest BCUT2D eigenvalue weighted by Gasteiger charge is 2.37. The van der Waals surface area contributed by atoms with Gasteiger partial charge in [0.2, 0.25) is 0 Å². The van der Waals surface area contributed by atoms with Gasteiger partial charge in [0.25, 0.3) is 0 Å². The molecule has 2 aromatic carbocycles. The van der Waals surface area contributed by atoms with Crippen LogP contribution in [0.5, 0.6) is 0 Å². The van der Waals surface area contributed by atoms with Crippen LogP contribution in [0, 0.1) is 0 Å². The van der Waals surface area contributed by atoms with E-state index >= 15 is 0 Å². The lowest BCUT2D eigenvalue weighted by molar-refractivity contribution is -0.0940. The van der Waals surface area contributed by atoms with E-state index in [9.17, 15) is 0 Å². The summed E-state index contributed by atoms with van der Waals surface area (Å²) in [4.78, 5) is 9.17. The average Bonchev–Trinajstić information content (AvgIpc) is 3.34. The number of benzene rings is 2. The van der Waals surface area contributed by atoms with Gasteiger partial charge in [-0.2, -0.15) is 0 Å². The Morgan fingerprint density at radius 3 is 1.85 bits per heavy atom. The summed E-state index contributed by atoms with van der Waals surface area (Å²) in [5.41, 5.74) is 9.74. The van der Waals surface area contributed by atoms with Crippen LogP contribution in [0.2, 0.25) is 0 Å². The van der Waals surface area contributed by atoms with Gasteiger partial charge in [-0.15, -0.1) is 0 Å². The van der Waals surface area contributed by atoms with E-state index in [1.54, 1.807) is 49.2 Å². The third-order valence-electron chi connectivity index (χ3n) is 7.92. The molecule has 0 atom stereocenters. The molecule has 2 saturated carbocycles. The van der Waals surface area contributed by atoms with Gasteiger partial charge in [-0.05, 0) is 93.7 Å². The summed E-state index contributed by atoms with van der Waals surface area (Å²) in [6.07, 6.45) is 4.21. The van der Waals surface area contributed by atoms with Crippen molar-refractivity contribution in [2.75, 3.05) is 41.5 Å². The number of aliphatic hydroxyl groups is 1. The Morgan fingerprint density at radius 1 is 0.891 bits per heavy atom. The quantitative estimate of drug-likeness (QED) is 0.268. The second kappa shape index (κ2) is 18.4. The molecular formula is C34H49Br2ClN4O5. The third kappa shape index (κ3) is 11.6. The van der Waals surface area contributed by atoms with Crippen molar-refractivity contribution < 1.29 is 24.1 Å². The van der Waals surface area contributed by atoms with Crippen molar-refractivity contribution in [2.45, 2.75) is 88.6 Å². The standard InChI is InChI=1S/C15H19BrN2O2.C11H9BrClN.C4H11NO2.C4H10O/c1-19-14(20-2)8-17-15-13-7-10(16)3-4-12(13)9-5-11(6-9)18-15;12-7-1-2-9-6-3-8(4-6)14-11(13)10(9)5-7;1-6-4(3-5)7-2;1-4(2,3)5/h3-4,7,9,11,14H,5-6,8H2,1-2H3,(H,17,18);1-2,5-6,8H,3-4H2;4H,3,5H2,1-2H3;5H,1-3H3. The Morgan fingerprint density at radius 2 is 1.37 bits per heavy atom. The smallest absolute Gasteiger partial charge is 0.176 e. The fourth-order valence-corrected chi connectivity index (χ4v) is 6.44. The molecule has 6 aliphatic rings. The first-order valence-electron chi connectivity index (χ1n) is 15.5. The van der Waals surface area contributed by atoms with Gasteiger partial charge in [0, 0.05) is 61.1 Å². The number of hydrogen-bond acceptors (Lipinski definition) is 8. The Kier molecular flexibility index (Phi) is 15.6. The topological polar surface area (TPSA) is 120 Å². The summed E-state index contributed by atoms with van der Waals surface area (Å²) in [6, 6.07) is 13.8. The number of halogens is 3. The van der Waals surface area contributed by atoms with Gasteiger partial charge >= 0.3 is 0 Å². The van der Waals surface area contributed by atoms with Crippen molar-refractivity contribution >= 4 is 54.5 Å². The van der Waals surface area contributed by atoms with Gasteiger partial charge in [0.05, 0.1) is 18.2 Å². The number of aliphatic imine (C=N–C) groups is 2. The zero-order chi connectivity index (χ0) is 34.0. The molecule has 4 bridgehead atoms. The zero-order valence-corrected chi connectivity index (χ0v) is 31.8. The molecule has 4 N–H and O–H groups in total. The monoisotopic (exact) mass is 786 g/mol. The summed E-state index contributed by atoms with van der Waals surface area (Å²) in [5, 5.41) is 12.8. The van der Waals surface area contributed by atoms with Crippen LogP contribution in [-0.4, -0.2) is 87.9 Å². The minimum atomic E-state index is -0.500. The molecule has 12 heteroatoms. The van der Waals surface area contributed by atoms with Crippen LogP contribution in [0.25, 0.3) is 0 Å². The van der Waals surface area contributed by atoms with Crippen LogP contribution in [0.3, 0.4) is 0 Å². The molecule has 0 amide bonds. The highest BCUT2D eigenvalue weighted by atomic mass is 79.9. The average molecular weight is 789 g/mol. The molecule has 4 heterocycles. The Hall–Kier alpha value is -1.41. The van der Waals surface area contributed by atoms with Crippen LogP contribution in [0.15, 0.2) is 55.3 Å². The lowest BCUT2D eigenvalue weighted by Crippen LogP contribution is -2.40. The van der Waals surface area contributed by atoms with E-state index in [2.05, 4.69) is 83.6 Å². The fraction of sp³-hybridized carbons (Fsp3) is 0.588. The van der Waals surface area contributed by atoms with Crippen LogP contribution < -0.4 is 11.1 Å². The zero-order valence-electron chi connectivity index (χ0n) is 27.9. The predicted molar refractivity (Wildman–Crippen MR) is 193 cm³/mol. The second-order valence-corrected chi connectivity index (χ2v) is 14.8. The van der Waals surface area contributed by atoms with Crippen molar-refractivity contribution in [1.29, 1.82) is 0 Å². The van der Waals surface area contributed by atoms with Crippen molar-refractivity contribution in [3.05, 3.63) is 67.6 Å². The predicted octanol–water partition coefficient (Wildman–Crippen LogP) is 6.70. The summed E-state index contributed by atoms with van der Waals surface area (Å²) in [5.74, 6) is 2.32. The maximum atomic E-state index is 8.52. The number of nitrogens with two attached hydrogens (primary N) is 1. The van der Waals surface area contributed by atoms with Crippen molar-refractivity contribution in [3.63, 3.8) is 0 Å². The molecule has 256 valence electrons. The molecule has 9 nitrogen and oxygen atoms in total. The van der Waals surface area contributed by atoms with Crippen LogP contribution >= 0.6 is 43.5 Å². The van der Waals surface area contributed by atoms with Crippen LogP contribution in [0.4, 0.5) is 0 Å². The molecular weight excluding hydrogens is 740 g/mol. The molecule has 4 aliphatic heterocycles. The molecule has 0 saturated heterocycles. The van der Waals surface area contributed by atoms with Crippen molar-refractivity contribution in [3.8, 4) is 0 Å². The Balaban J connectivity index is 0.000000192. The number of amidine groups is 1. The molecule has 8 rings (SSSR count). The van der Waals surface area contributed by atoms with Gasteiger partial charge in [-0.1, -0.05) is 55.6 Å². The number of ether oxygens (including phenoxy) is 4. The molecule has 2 fully saturated rings. The summed E-state index contributed by atoms with van der Waals surface area (Å²) >= 11 is 13.2. The molecule has 0 spiro atoms.